The van der Waals surface area contributed by atoms with E-state index in [9.17, 15) is 21.6 Å². The molecule has 1 rings (SSSR count). The summed E-state index contributed by atoms with van der Waals surface area (Å²) in [5.74, 6) is 0. The summed E-state index contributed by atoms with van der Waals surface area (Å²) in [7, 11) is -4.10. The minimum absolute atomic E-state index is 0.199. The maximum atomic E-state index is 12.9. The van der Waals surface area contributed by atoms with Crippen LogP contribution in [0.25, 0.3) is 0 Å². The molecule has 0 aliphatic rings. The zero-order chi connectivity index (χ0) is 14.8. The van der Waals surface area contributed by atoms with Crippen LogP contribution in [0.4, 0.5) is 13.2 Å². The van der Waals surface area contributed by atoms with Crippen molar-refractivity contribution in [3.8, 4) is 0 Å². The monoisotopic (exact) mass is 397 g/mol. The van der Waals surface area contributed by atoms with Crippen LogP contribution in [0.2, 0.25) is 0 Å². The number of thioether (sulfide) groups is 1. The molecule has 0 unspecified atom stereocenters. The minimum atomic E-state index is -4.82. The molecule has 0 aliphatic heterocycles. The van der Waals surface area contributed by atoms with E-state index in [1.165, 1.54) is 5.38 Å². The molecule has 0 saturated carbocycles. The van der Waals surface area contributed by atoms with Crippen LogP contribution in [0.5, 0.6) is 0 Å². The van der Waals surface area contributed by atoms with Gasteiger partial charge < -0.3 is 0 Å². The van der Waals surface area contributed by atoms with Gasteiger partial charge in [0.25, 0.3) is 0 Å². The topological polar surface area (TPSA) is 55.7 Å². The fraction of sp³-hybridized carbons (Fsp3) is 0.375. The van der Waals surface area contributed by atoms with Crippen molar-refractivity contribution in [1.29, 1.82) is 0 Å². The highest BCUT2D eigenvalue weighted by Gasteiger charge is 2.40. The van der Waals surface area contributed by atoms with E-state index in [1.54, 1.807) is 6.26 Å². The first-order chi connectivity index (χ1) is 8.56. The normalized spacial score (nSPS) is 13.7. The molecule has 19 heavy (non-hydrogen) atoms. The Morgan fingerprint density at radius 3 is 2.53 bits per heavy atom. The van der Waals surface area contributed by atoms with Crippen molar-refractivity contribution in [2.24, 2.45) is 5.16 Å². The third-order valence-corrected chi connectivity index (χ3v) is 5.14. The van der Waals surface area contributed by atoms with Gasteiger partial charge in [0.15, 0.2) is 0 Å². The van der Waals surface area contributed by atoms with Gasteiger partial charge in [-0.3, -0.25) is 4.28 Å². The molecule has 0 atom stereocenters. The number of hydrogen-bond donors (Lipinski definition) is 0. The summed E-state index contributed by atoms with van der Waals surface area (Å²) in [4.78, 5) is 0.119. The predicted molar refractivity (Wildman–Crippen MR) is 72.3 cm³/mol. The fourth-order valence-corrected chi connectivity index (χ4v) is 4.14. The van der Waals surface area contributed by atoms with Crippen molar-refractivity contribution < 1.29 is 25.9 Å². The molecule has 108 valence electrons. The molecular weight excluding hydrogens is 391 g/mol. The van der Waals surface area contributed by atoms with Gasteiger partial charge in [-0.05, 0) is 22.2 Å². The van der Waals surface area contributed by atoms with E-state index in [2.05, 4.69) is 25.4 Å². The maximum absolute atomic E-state index is 12.9. The van der Waals surface area contributed by atoms with E-state index in [-0.39, 0.29) is 4.88 Å². The van der Waals surface area contributed by atoms with Crippen LogP contribution in [-0.4, -0.2) is 32.8 Å². The molecule has 11 heteroatoms. The van der Waals surface area contributed by atoms with Gasteiger partial charge in [0, 0.05) is 14.7 Å². The van der Waals surface area contributed by atoms with Crippen LogP contribution >= 0.6 is 39.0 Å². The van der Waals surface area contributed by atoms with E-state index in [4.69, 9.17) is 0 Å². The average Bonchev–Trinajstić information content (AvgIpc) is 2.56. The van der Waals surface area contributed by atoms with Crippen LogP contribution in [0, 0.1) is 0 Å². The van der Waals surface area contributed by atoms with Gasteiger partial charge in [-0.15, -0.1) is 23.1 Å². The largest absolute Gasteiger partial charge is 0.438 e. The second-order valence-corrected chi connectivity index (χ2v) is 7.27. The van der Waals surface area contributed by atoms with E-state index >= 15 is 0 Å². The van der Waals surface area contributed by atoms with E-state index in [0.717, 1.165) is 23.1 Å². The number of hydrogen-bond acceptors (Lipinski definition) is 6. The van der Waals surface area contributed by atoms with Crippen molar-refractivity contribution in [2.75, 3.05) is 12.5 Å². The lowest BCUT2D eigenvalue weighted by Gasteiger charge is -2.09. The van der Waals surface area contributed by atoms with Crippen molar-refractivity contribution in [2.45, 2.75) is 11.1 Å². The maximum Gasteiger partial charge on any atom is 0.438 e. The van der Waals surface area contributed by atoms with Crippen LogP contribution in [-0.2, 0) is 14.4 Å². The van der Waals surface area contributed by atoms with Gasteiger partial charge in [-0.1, -0.05) is 5.16 Å². The molecule has 0 aromatic carbocycles. The molecule has 0 aliphatic carbocycles. The lowest BCUT2D eigenvalue weighted by Crippen LogP contribution is -2.24. The van der Waals surface area contributed by atoms with Crippen LogP contribution < -0.4 is 0 Å². The molecule has 0 N–H and O–H groups in total. The number of oxime groups is 1. The quantitative estimate of drug-likeness (QED) is 0.443. The Morgan fingerprint density at radius 2 is 2.11 bits per heavy atom. The molecule has 1 aromatic rings. The molecule has 0 spiro atoms. The van der Waals surface area contributed by atoms with Crippen molar-refractivity contribution in [1.82, 2.24) is 0 Å². The van der Waals surface area contributed by atoms with Crippen molar-refractivity contribution in [3.63, 3.8) is 0 Å². The highest BCUT2D eigenvalue weighted by molar-refractivity contribution is 9.10. The number of alkyl halides is 3. The van der Waals surface area contributed by atoms with E-state index < -0.39 is 22.0 Å². The Morgan fingerprint density at radius 1 is 1.53 bits per heavy atom. The van der Waals surface area contributed by atoms with Gasteiger partial charge in [0.2, 0.25) is 5.71 Å². The lowest BCUT2D eigenvalue weighted by molar-refractivity contribution is -0.0596. The first kappa shape index (κ1) is 16.8. The Kier molecular flexibility index (Phi) is 5.32. The summed E-state index contributed by atoms with van der Waals surface area (Å²) >= 11 is 4.99. The van der Waals surface area contributed by atoms with E-state index in [1.807, 2.05) is 0 Å². The Labute approximate surface area is 124 Å². The standard InChI is InChI=1S/C8H7BrF3NO3S3/c1-17-5-4(9)3-18-6(5)7(8(10,11)12)13-16-19(2,14)15/h3H,1-2H3/b13-7+. The van der Waals surface area contributed by atoms with Crippen molar-refractivity contribution in [3.05, 3.63) is 14.7 Å². The van der Waals surface area contributed by atoms with Gasteiger partial charge in [-0.25, -0.2) is 0 Å². The number of thiophene rings is 1. The number of nitrogens with zero attached hydrogens (tertiary/aromatic N) is 1. The molecule has 1 aromatic heterocycles. The zero-order valence-electron chi connectivity index (χ0n) is 9.49. The summed E-state index contributed by atoms with van der Waals surface area (Å²) < 4.78 is 64.5. The van der Waals surface area contributed by atoms with Gasteiger partial charge in [0.1, 0.15) is 0 Å². The molecule has 0 amide bonds. The summed E-state index contributed by atoms with van der Waals surface area (Å²) in [6.45, 7) is 0. The first-order valence-electron chi connectivity index (χ1n) is 4.41. The van der Waals surface area contributed by atoms with Crippen molar-refractivity contribution >= 4 is 54.9 Å². The highest BCUT2D eigenvalue weighted by Crippen LogP contribution is 2.38. The second kappa shape index (κ2) is 6.02. The molecule has 1 heterocycles. The Balaban J connectivity index is 3.33. The molecule has 0 bridgehead atoms. The van der Waals surface area contributed by atoms with Crippen LogP contribution in [0.15, 0.2) is 19.9 Å². The Bertz CT molecular complexity index is 594. The summed E-state index contributed by atoms with van der Waals surface area (Å²) in [5.41, 5.74) is -1.38. The second-order valence-electron chi connectivity index (χ2n) is 3.16. The number of halogens is 4. The van der Waals surface area contributed by atoms with Gasteiger partial charge in [-0.2, -0.15) is 21.6 Å². The van der Waals surface area contributed by atoms with Gasteiger partial charge in [0.05, 0.1) is 11.1 Å². The molecule has 0 radical (unpaired) electrons. The average molecular weight is 398 g/mol. The zero-order valence-corrected chi connectivity index (χ0v) is 13.5. The third kappa shape index (κ3) is 4.65. The minimum Gasteiger partial charge on any atom is -0.268 e. The highest BCUT2D eigenvalue weighted by atomic mass is 79.9. The first-order valence-corrected chi connectivity index (χ1v) is 9.13. The van der Waals surface area contributed by atoms with E-state index in [0.29, 0.717) is 15.6 Å². The van der Waals surface area contributed by atoms with Crippen LogP contribution in [0.3, 0.4) is 0 Å². The number of rotatable bonds is 4. The Hall–Kier alpha value is -0.260. The molecule has 0 fully saturated rings. The lowest BCUT2D eigenvalue weighted by atomic mass is 10.3. The molecular formula is C8H7BrF3NO3S3. The summed E-state index contributed by atoms with van der Waals surface area (Å²) in [6, 6.07) is 0. The third-order valence-electron chi connectivity index (χ3n) is 1.66. The predicted octanol–water partition coefficient (Wildman–Crippen LogP) is 3.48. The SMILES string of the molecule is CSc1c(Br)csc1/C(=N\OS(C)(=O)=O)C(F)(F)F. The smallest absolute Gasteiger partial charge is 0.268 e. The summed E-state index contributed by atoms with van der Waals surface area (Å²) in [6.07, 6.45) is -2.61. The summed E-state index contributed by atoms with van der Waals surface area (Å²) in [5, 5.41) is 4.20. The molecule has 4 nitrogen and oxygen atoms in total. The fourth-order valence-electron chi connectivity index (χ4n) is 1.01. The van der Waals surface area contributed by atoms with Crippen LogP contribution in [0.1, 0.15) is 4.88 Å². The molecule has 0 saturated heterocycles. The van der Waals surface area contributed by atoms with Gasteiger partial charge >= 0.3 is 16.3 Å².